The number of anilines is 1. The molecule has 5 nitrogen and oxygen atoms in total. The average Bonchev–Trinajstić information content (AvgIpc) is 3.19. The minimum atomic E-state index is 0.235. The standard InChI is InChI=1S/C46H35N5/c1-3-40(31-12-10-30(11-13-31)38-22-24-48-46-39(38)18-14-32-8-6-23-47-45(32)46)50-41-19-15-33(25-29(41)2)34-16-20-43-36(26-34)17-21-44(51-43)37-27-35-7-4-5-9-42(35)49-28-37/h3-22,24-28,42,47,49H,1,23H2,2H3. The molecule has 0 saturated carbocycles. The summed E-state index contributed by atoms with van der Waals surface area (Å²) in [6.45, 7) is 7.03. The van der Waals surface area contributed by atoms with Gasteiger partial charge in [-0.1, -0.05) is 97.6 Å². The van der Waals surface area contributed by atoms with Crippen LogP contribution in [0.15, 0.2) is 163 Å². The summed E-state index contributed by atoms with van der Waals surface area (Å²) in [5.41, 5.74) is 16.0. The van der Waals surface area contributed by atoms with Gasteiger partial charge in [-0.15, -0.1) is 0 Å². The predicted molar refractivity (Wildman–Crippen MR) is 214 cm³/mol. The molecule has 4 aromatic carbocycles. The smallest absolute Gasteiger partial charge is 0.0945 e. The minimum Gasteiger partial charge on any atom is -0.380 e. The Morgan fingerprint density at radius 3 is 2.63 bits per heavy atom. The molecule has 1 aliphatic carbocycles. The monoisotopic (exact) mass is 657 g/mol. The van der Waals surface area contributed by atoms with Crippen molar-refractivity contribution < 1.29 is 0 Å². The van der Waals surface area contributed by atoms with Crippen LogP contribution in [0.4, 0.5) is 11.4 Å². The molecule has 0 spiro atoms. The molecule has 51 heavy (non-hydrogen) atoms. The number of hydrogen-bond acceptors (Lipinski definition) is 5. The van der Waals surface area contributed by atoms with E-state index in [1.807, 2.05) is 12.3 Å². The second-order valence-corrected chi connectivity index (χ2v) is 13.1. The van der Waals surface area contributed by atoms with Crippen LogP contribution in [0, 0.1) is 6.92 Å². The Bertz CT molecular complexity index is 2580. The normalized spacial score (nSPS) is 16.2. The number of aliphatic imine (C=N–C) groups is 1. The molecule has 0 radical (unpaired) electrons. The lowest BCUT2D eigenvalue weighted by Crippen LogP contribution is -2.27. The molecule has 1 atom stereocenters. The number of aromatic nitrogens is 2. The van der Waals surface area contributed by atoms with Crippen LogP contribution < -0.4 is 10.6 Å². The number of nitrogens with zero attached hydrogens (tertiary/aromatic N) is 3. The van der Waals surface area contributed by atoms with Gasteiger partial charge in [0.25, 0.3) is 0 Å². The molecule has 244 valence electrons. The van der Waals surface area contributed by atoms with Gasteiger partial charge >= 0.3 is 0 Å². The predicted octanol–water partition coefficient (Wildman–Crippen LogP) is 10.5. The Kier molecular flexibility index (Phi) is 7.59. The number of nitrogens with one attached hydrogen (secondary N) is 2. The number of rotatable bonds is 6. The molecule has 2 aliphatic heterocycles. The summed E-state index contributed by atoms with van der Waals surface area (Å²) in [5.74, 6) is 0. The van der Waals surface area contributed by atoms with Crippen molar-refractivity contribution in [3.63, 3.8) is 0 Å². The Morgan fingerprint density at radius 1 is 0.882 bits per heavy atom. The fourth-order valence-electron chi connectivity index (χ4n) is 7.16. The zero-order chi connectivity index (χ0) is 34.3. The van der Waals surface area contributed by atoms with Crippen LogP contribution in [0.1, 0.15) is 22.4 Å². The van der Waals surface area contributed by atoms with E-state index in [2.05, 4.69) is 164 Å². The highest BCUT2D eigenvalue weighted by Gasteiger charge is 2.17. The Morgan fingerprint density at radius 2 is 1.75 bits per heavy atom. The van der Waals surface area contributed by atoms with Gasteiger partial charge in [-0.05, 0) is 94.4 Å². The maximum absolute atomic E-state index is 5.05. The highest BCUT2D eigenvalue weighted by molar-refractivity contribution is 6.10. The third-order valence-electron chi connectivity index (χ3n) is 9.88. The summed E-state index contributed by atoms with van der Waals surface area (Å²) in [4.78, 5) is 14.8. The molecule has 1 unspecified atom stereocenters. The lowest BCUT2D eigenvalue weighted by Gasteiger charge is -2.23. The van der Waals surface area contributed by atoms with E-state index in [4.69, 9.17) is 15.0 Å². The Hall–Kier alpha value is -6.59. The maximum atomic E-state index is 5.05. The van der Waals surface area contributed by atoms with Crippen LogP contribution in [-0.2, 0) is 0 Å². The van der Waals surface area contributed by atoms with Crippen molar-refractivity contribution in [1.29, 1.82) is 0 Å². The van der Waals surface area contributed by atoms with Gasteiger partial charge in [0.15, 0.2) is 0 Å². The number of hydrogen-bond donors (Lipinski definition) is 2. The van der Waals surface area contributed by atoms with Gasteiger partial charge in [0.05, 0.1) is 39.9 Å². The SMILES string of the molecule is C=CC(=Nc1ccc(-c2ccc3nc(C4=CNC5C=CC=CC5=C4)ccc3c2)cc1C)c1ccc(-c2ccnc3c4c(ccc23)C=CCN4)cc1. The van der Waals surface area contributed by atoms with Gasteiger partial charge in [0, 0.05) is 40.9 Å². The van der Waals surface area contributed by atoms with Crippen LogP contribution in [-0.4, -0.2) is 28.3 Å². The quantitative estimate of drug-likeness (QED) is 0.175. The molecule has 4 heterocycles. The second-order valence-electron chi connectivity index (χ2n) is 13.1. The highest BCUT2D eigenvalue weighted by atomic mass is 14.9. The molecule has 0 fully saturated rings. The van der Waals surface area contributed by atoms with Crippen LogP contribution in [0.2, 0.25) is 0 Å². The Labute approximate surface area is 297 Å². The zero-order valence-corrected chi connectivity index (χ0v) is 28.3. The van der Waals surface area contributed by atoms with E-state index in [0.717, 1.165) is 90.1 Å². The molecule has 9 rings (SSSR count). The van der Waals surface area contributed by atoms with Crippen LogP contribution in [0.5, 0.6) is 0 Å². The summed E-state index contributed by atoms with van der Waals surface area (Å²) in [5, 5.41) is 9.21. The van der Waals surface area contributed by atoms with Crippen LogP contribution in [0.25, 0.3) is 55.7 Å². The van der Waals surface area contributed by atoms with Gasteiger partial charge in [-0.2, -0.15) is 0 Å². The van der Waals surface area contributed by atoms with Crippen molar-refractivity contribution in [2.45, 2.75) is 13.0 Å². The number of dihydropyridines is 1. The molecule has 5 heteroatoms. The molecule has 0 bridgehead atoms. The van der Waals surface area contributed by atoms with Crippen molar-refractivity contribution in [2.24, 2.45) is 4.99 Å². The van der Waals surface area contributed by atoms with Gasteiger partial charge in [-0.3, -0.25) is 4.98 Å². The van der Waals surface area contributed by atoms with E-state index in [0.29, 0.717) is 0 Å². The average molecular weight is 658 g/mol. The summed E-state index contributed by atoms with van der Waals surface area (Å²) in [6, 6.07) is 32.4. The van der Waals surface area contributed by atoms with E-state index in [1.54, 1.807) is 0 Å². The first-order valence-corrected chi connectivity index (χ1v) is 17.3. The molecule has 0 saturated heterocycles. The second kappa shape index (κ2) is 12.7. The van der Waals surface area contributed by atoms with Crippen LogP contribution >= 0.6 is 0 Å². The fourth-order valence-corrected chi connectivity index (χ4v) is 7.16. The number of pyridine rings is 2. The van der Waals surface area contributed by atoms with Crippen molar-refractivity contribution >= 4 is 50.5 Å². The number of allylic oxidation sites excluding steroid dienone is 5. The van der Waals surface area contributed by atoms with Crippen molar-refractivity contribution in [3.8, 4) is 22.3 Å². The van der Waals surface area contributed by atoms with Gasteiger partial charge < -0.3 is 10.6 Å². The molecule has 0 amide bonds. The van der Waals surface area contributed by atoms with Crippen molar-refractivity contribution in [1.82, 2.24) is 15.3 Å². The summed E-state index contributed by atoms with van der Waals surface area (Å²) in [7, 11) is 0. The molecule has 3 aliphatic rings. The van der Waals surface area contributed by atoms with Crippen molar-refractivity contribution in [2.75, 3.05) is 11.9 Å². The lowest BCUT2D eigenvalue weighted by atomic mass is 9.95. The molecule has 2 aromatic heterocycles. The summed E-state index contributed by atoms with van der Waals surface area (Å²) < 4.78 is 0. The first kappa shape index (κ1) is 30.5. The first-order valence-electron chi connectivity index (χ1n) is 17.3. The highest BCUT2D eigenvalue weighted by Crippen LogP contribution is 2.35. The fraction of sp³-hybridized carbons (Fsp3) is 0.0652. The summed E-state index contributed by atoms with van der Waals surface area (Å²) in [6.07, 6.45) is 20.8. The largest absolute Gasteiger partial charge is 0.380 e. The third-order valence-corrected chi connectivity index (χ3v) is 9.88. The molecule has 2 N–H and O–H groups in total. The van der Waals surface area contributed by atoms with E-state index < -0.39 is 0 Å². The zero-order valence-electron chi connectivity index (χ0n) is 28.3. The van der Waals surface area contributed by atoms with E-state index in [-0.39, 0.29) is 6.04 Å². The van der Waals surface area contributed by atoms with Gasteiger partial charge in [-0.25, -0.2) is 9.98 Å². The van der Waals surface area contributed by atoms with Gasteiger partial charge in [0.2, 0.25) is 0 Å². The molecule has 6 aromatic rings. The topological polar surface area (TPSA) is 62.2 Å². The lowest BCUT2D eigenvalue weighted by molar-refractivity contribution is 0.797. The van der Waals surface area contributed by atoms with Gasteiger partial charge in [0.1, 0.15) is 0 Å². The third kappa shape index (κ3) is 5.69. The van der Waals surface area contributed by atoms with E-state index in [1.165, 1.54) is 11.1 Å². The first-order chi connectivity index (χ1) is 25.1. The maximum Gasteiger partial charge on any atom is 0.0945 e. The number of fused-ring (bicyclic) bond motifs is 5. The Balaban J connectivity index is 0.957. The number of aryl methyl sites for hydroxylation is 1. The van der Waals surface area contributed by atoms with E-state index in [9.17, 15) is 0 Å². The summed E-state index contributed by atoms with van der Waals surface area (Å²) >= 11 is 0. The minimum absolute atomic E-state index is 0.235. The van der Waals surface area contributed by atoms with Crippen LogP contribution in [0.3, 0.4) is 0 Å². The molecular weight excluding hydrogens is 623 g/mol. The van der Waals surface area contributed by atoms with Crippen molar-refractivity contribution in [3.05, 3.63) is 180 Å². The number of benzene rings is 4. The van der Waals surface area contributed by atoms with E-state index >= 15 is 0 Å². The molecular formula is C46H35N5.